The number of benzene rings is 1. The van der Waals surface area contributed by atoms with Crippen molar-refractivity contribution in [3.63, 3.8) is 0 Å². The summed E-state index contributed by atoms with van der Waals surface area (Å²) in [4.78, 5) is 0. The van der Waals surface area contributed by atoms with Gasteiger partial charge in [0.05, 0.1) is 0 Å². The Morgan fingerprint density at radius 2 is 2.36 bits per heavy atom. The fraction of sp³-hybridized carbons (Fsp3) is 0.500. The zero-order valence-electron chi connectivity index (χ0n) is 8.72. The number of nitrogen functional groups attached to an aromatic ring is 1. The van der Waals surface area contributed by atoms with E-state index in [1.807, 2.05) is 13.1 Å². The summed E-state index contributed by atoms with van der Waals surface area (Å²) >= 11 is 0. The lowest BCUT2D eigenvalue weighted by atomic mass is 9.82. The third kappa shape index (κ3) is 1.75. The van der Waals surface area contributed by atoms with Crippen molar-refractivity contribution >= 4 is 5.69 Å². The molecule has 0 bridgehead atoms. The number of nitrogens with two attached hydrogens (primary N) is 1. The van der Waals surface area contributed by atoms with E-state index in [0.29, 0.717) is 5.92 Å². The highest BCUT2D eigenvalue weighted by Crippen LogP contribution is 2.32. The van der Waals surface area contributed by atoms with Crippen molar-refractivity contribution in [3.05, 3.63) is 29.3 Å². The highest BCUT2D eigenvalue weighted by Gasteiger charge is 2.19. The Bertz CT molecular complexity index is 320. The standard InChI is InChI=1S/C12H18N2/c1-14-8-10-4-2-3-9-7-11(13)5-6-12(9)10/h5-7,10,14H,2-4,8,13H2,1H3. The van der Waals surface area contributed by atoms with Crippen molar-refractivity contribution in [1.29, 1.82) is 0 Å². The second-order valence-corrected chi connectivity index (χ2v) is 4.11. The summed E-state index contributed by atoms with van der Waals surface area (Å²) in [6, 6.07) is 6.36. The van der Waals surface area contributed by atoms with E-state index in [2.05, 4.69) is 17.4 Å². The highest BCUT2D eigenvalue weighted by molar-refractivity contribution is 5.46. The molecule has 2 nitrogen and oxygen atoms in total. The summed E-state index contributed by atoms with van der Waals surface area (Å²) in [6.07, 6.45) is 3.79. The Labute approximate surface area is 85.5 Å². The molecule has 1 unspecified atom stereocenters. The number of anilines is 1. The fourth-order valence-corrected chi connectivity index (χ4v) is 2.39. The molecule has 76 valence electrons. The zero-order chi connectivity index (χ0) is 9.97. The Hall–Kier alpha value is -1.02. The average molecular weight is 190 g/mol. The molecule has 1 aromatic rings. The van der Waals surface area contributed by atoms with Crippen molar-refractivity contribution in [3.8, 4) is 0 Å². The largest absolute Gasteiger partial charge is 0.399 e. The normalized spacial score (nSPS) is 20.5. The van der Waals surface area contributed by atoms with Crippen LogP contribution in [-0.4, -0.2) is 13.6 Å². The summed E-state index contributed by atoms with van der Waals surface area (Å²) in [6.45, 7) is 1.08. The first kappa shape index (κ1) is 9.53. The topological polar surface area (TPSA) is 38.0 Å². The average Bonchev–Trinajstić information content (AvgIpc) is 2.18. The lowest BCUT2D eigenvalue weighted by Gasteiger charge is -2.25. The van der Waals surface area contributed by atoms with Crippen LogP contribution >= 0.6 is 0 Å². The lowest BCUT2D eigenvalue weighted by Crippen LogP contribution is -2.21. The molecule has 0 heterocycles. The number of fused-ring (bicyclic) bond motifs is 1. The summed E-state index contributed by atoms with van der Waals surface area (Å²) in [7, 11) is 2.02. The number of nitrogens with one attached hydrogen (secondary N) is 1. The predicted molar refractivity (Wildman–Crippen MR) is 60.5 cm³/mol. The second kappa shape index (κ2) is 4.01. The van der Waals surface area contributed by atoms with Crippen LogP contribution in [0.2, 0.25) is 0 Å². The summed E-state index contributed by atoms with van der Waals surface area (Å²) in [5.41, 5.74) is 9.64. The Kier molecular flexibility index (Phi) is 2.73. The molecule has 14 heavy (non-hydrogen) atoms. The summed E-state index contributed by atoms with van der Waals surface area (Å²) in [5, 5.41) is 3.26. The first-order valence-corrected chi connectivity index (χ1v) is 5.34. The molecular formula is C12H18N2. The minimum absolute atomic E-state index is 0.685. The van der Waals surface area contributed by atoms with Crippen molar-refractivity contribution in [2.45, 2.75) is 25.2 Å². The maximum absolute atomic E-state index is 5.79. The van der Waals surface area contributed by atoms with E-state index in [1.165, 1.54) is 30.4 Å². The van der Waals surface area contributed by atoms with Crippen LogP contribution in [0, 0.1) is 0 Å². The molecule has 2 heteroatoms. The molecule has 0 saturated heterocycles. The molecule has 1 aromatic carbocycles. The van der Waals surface area contributed by atoms with E-state index in [1.54, 1.807) is 0 Å². The van der Waals surface area contributed by atoms with Gasteiger partial charge in [0, 0.05) is 12.2 Å². The van der Waals surface area contributed by atoms with Gasteiger partial charge in [0.2, 0.25) is 0 Å². The number of hydrogen-bond donors (Lipinski definition) is 2. The Balaban J connectivity index is 2.30. The lowest BCUT2D eigenvalue weighted by molar-refractivity contribution is 0.529. The van der Waals surface area contributed by atoms with Gasteiger partial charge >= 0.3 is 0 Å². The second-order valence-electron chi connectivity index (χ2n) is 4.11. The molecule has 3 N–H and O–H groups in total. The highest BCUT2D eigenvalue weighted by atomic mass is 14.8. The molecule has 0 amide bonds. The van der Waals surface area contributed by atoms with Gasteiger partial charge in [-0.1, -0.05) is 6.07 Å². The van der Waals surface area contributed by atoms with Crippen molar-refractivity contribution in [2.75, 3.05) is 19.3 Å². The molecule has 0 aromatic heterocycles. The Morgan fingerprint density at radius 1 is 1.50 bits per heavy atom. The van der Waals surface area contributed by atoms with E-state index < -0.39 is 0 Å². The Morgan fingerprint density at radius 3 is 3.14 bits per heavy atom. The van der Waals surface area contributed by atoms with Crippen LogP contribution in [0.4, 0.5) is 5.69 Å². The first-order chi connectivity index (χ1) is 6.81. The molecule has 0 radical (unpaired) electrons. The number of rotatable bonds is 2. The molecule has 1 aliphatic carbocycles. The van der Waals surface area contributed by atoms with E-state index in [4.69, 9.17) is 5.73 Å². The third-order valence-corrected chi connectivity index (χ3v) is 3.06. The number of likely N-dealkylation sites (N-methyl/N-ethyl adjacent to an activating group) is 1. The van der Waals surface area contributed by atoms with Crippen LogP contribution in [0.15, 0.2) is 18.2 Å². The first-order valence-electron chi connectivity index (χ1n) is 5.34. The van der Waals surface area contributed by atoms with Crippen molar-refractivity contribution in [1.82, 2.24) is 5.32 Å². The van der Waals surface area contributed by atoms with E-state index in [-0.39, 0.29) is 0 Å². The van der Waals surface area contributed by atoms with Crippen LogP contribution in [0.3, 0.4) is 0 Å². The SMILES string of the molecule is CNCC1CCCc2cc(N)ccc21. The molecule has 1 atom stereocenters. The quantitative estimate of drug-likeness (QED) is 0.699. The molecular weight excluding hydrogens is 172 g/mol. The molecule has 0 aliphatic heterocycles. The van der Waals surface area contributed by atoms with Gasteiger partial charge in [-0.3, -0.25) is 0 Å². The summed E-state index contributed by atoms with van der Waals surface area (Å²) in [5.74, 6) is 0.685. The molecule has 1 aliphatic rings. The minimum atomic E-state index is 0.685. The predicted octanol–water partition coefficient (Wildman–Crippen LogP) is 1.91. The third-order valence-electron chi connectivity index (χ3n) is 3.06. The fourth-order valence-electron chi connectivity index (χ4n) is 2.39. The van der Waals surface area contributed by atoms with Gasteiger partial charge in [0.25, 0.3) is 0 Å². The van der Waals surface area contributed by atoms with Crippen LogP contribution in [0.1, 0.15) is 29.9 Å². The van der Waals surface area contributed by atoms with Gasteiger partial charge in [-0.2, -0.15) is 0 Å². The smallest absolute Gasteiger partial charge is 0.0316 e. The van der Waals surface area contributed by atoms with Gasteiger partial charge in [-0.15, -0.1) is 0 Å². The van der Waals surface area contributed by atoms with Crippen LogP contribution in [-0.2, 0) is 6.42 Å². The molecule has 2 rings (SSSR count). The number of aryl methyl sites for hydroxylation is 1. The van der Waals surface area contributed by atoms with E-state index >= 15 is 0 Å². The monoisotopic (exact) mass is 190 g/mol. The van der Waals surface area contributed by atoms with Crippen LogP contribution in [0.25, 0.3) is 0 Å². The van der Waals surface area contributed by atoms with Crippen LogP contribution in [0.5, 0.6) is 0 Å². The van der Waals surface area contributed by atoms with Gasteiger partial charge in [-0.05, 0) is 55.5 Å². The van der Waals surface area contributed by atoms with E-state index in [0.717, 1.165) is 12.2 Å². The van der Waals surface area contributed by atoms with Crippen molar-refractivity contribution < 1.29 is 0 Å². The van der Waals surface area contributed by atoms with Gasteiger partial charge < -0.3 is 11.1 Å². The number of hydrogen-bond acceptors (Lipinski definition) is 2. The summed E-state index contributed by atoms with van der Waals surface area (Å²) < 4.78 is 0. The van der Waals surface area contributed by atoms with Crippen LogP contribution < -0.4 is 11.1 Å². The van der Waals surface area contributed by atoms with Gasteiger partial charge in [0.15, 0.2) is 0 Å². The van der Waals surface area contributed by atoms with Crippen molar-refractivity contribution in [2.24, 2.45) is 0 Å². The maximum Gasteiger partial charge on any atom is 0.0316 e. The van der Waals surface area contributed by atoms with E-state index in [9.17, 15) is 0 Å². The minimum Gasteiger partial charge on any atom is -0.399 e. The maximum atomic E-state index is 5.79. The molecule has 0 spiro atoms. The van der Waals surface area contributed by atoms with Gasteiger partial charge in [0.1, 0.15) is 0 Å². The molecule has 0 fully saturated rings. The van der Waals surface area contributed by atoms with Gasteiger partial charge in [-0.25, -0.2) is 0 Å². The zero-order valence-corrected chi connectivity index (χ0v) is 8.72. The molecule has 0 saturated carbocycles.